The number of hydrogen-bond donors (Lipinski definition) is 2. The van der Waals surface area contributed by atoms with Crippen molar-refractivity contribution in [1.29, 1.82) is 0 Å². The number of esters is 1. The van der Waals surface area contributed by atoms with Crippen LogP contribution in [0.2, 0.25) is 0 Å². The highest BCUT2D eigenvalue weighted by Crippen LogP contribution is 2.25. The maximum atomic E-state index is 11.8. The summed E-state index contributed by atoms with van der Waals surface area (Å²) in [6.45, 7) is 10.5. The molecule has 0 spiro atoms. The zero-order chi connectivity index (χ0) is 19.3. The first-order valence-electron chi connectivity index (χ1n) is 8.79. The van der Waals surface area contributed by atoms with Crippen molar-refractivity contribution >= 4 is 17.6 Å². The summed E-state index contributed by atoms with van der Waals surface area (Å²) in [5.74, 6) is -1.40. The number of carbonyl (C=O) groups excluding carboxylic acids is 1. The topological polar surface area (TPSA) is 88.1 Å². The Kier molecular flexibility index (Phi) is 6.61. The molecule has 1 aliphatic rings. The summed E-state index contributed by atoms with van der Waals surface area (Å²) < 4.78 is 10.7. The van der Waals surface area contributed by atoms with Crippen LogP contribution in [0.3, 0.4) is 0 Å². The van der Waals surface area contributed by atoms with Gasteiger partial charge in [0, 0.05) is 31.9 Å². The van der Waals surface area contributed by atoms with Gasteiger partial charge in [0.2, 0.25) is 0 Å². The van der Waals surface area contributed by atoms with E-state index in [-0.39, 0.29) is 18.8 Å². The largest absolute Gasteiger partial charge is 0.478 e. The van der Waals surface area contributed by atoms with Crippen molar-refractivity contribution in [2.24, 2.45) is 0 Å². The Morgan fingerprint density at radius 1 is 1.23 bits per heavy atom. The Bertz CT molecular complexity index is 661. The minimum atomic E-state index is -0.965. The molecule has 1 fully saturated rings. The van der Waals surface area contributed by atoms with Crippen LogP contribution in [0.1, 0.15) is 42.3 Å². The van der Waals surface area contributed by atoms with Gasteiger partial charge in [-0.1, -0.05) is 0 Å². The molecule has 26 heavy (non-hydrogen) atoms. The number of nitrogens with one attached hydrogen (secondary N) is 1. The average molecular weight is 364 g/mol. The van der Waals surface area contributed by atoms with E-state index in [1.807, 2.05) is 6.07 Å². The van der Waals surface area contributed by atoms with Crippen LogP contribution in [0.5, 0.6) is 0 Å². The Morgan fingerprint density at radius 3 is 2.46 bits per heavy atom. The van der Waals surface area contributed by atoms with Crippen molar-refractivity contribution in [2.75, 3.05) is 37.7 Å². The predicted octanol–water partition coefficient (Wildman–Crippen LogP) is 1.96. The third-order valence-electron chi connectivity index (χ3n) is 4.11. The number of ether oxygens (including phenoxy) is 2. The number of anilines is 1. The van der Waals surface area contributed by atoms with Crippen molar-refractivity contribution in [1.82, 2.24) is 5.32 Å². The van der Waals surface area contributed by atoms with Crippen LogP contribution < -0.4 is 10.2 Å². The number of aromatic carboxylic acids is 1. The molecule has 2 N–H and O–H groups in total. The van der Waals surface area contributed by atoms with Crippen LogP contribution in [0.4, 0.5) is 5.69 Å². The molecule has 1 heterocycles. The molecule has 2 rings (SSSR count). The van der Waals surface area contributed by atoms with Gasteiger partial charge in [-0.3, -0.25) is 0 Å². The van der Waals surface area contributed by atoms with Crippen molar-refractivity contribution in [3.05, 3.63) is 28.8 Å². The van der Waals surface area contributed by atoms with Gasteiger partial charge in [0.25, 0.3) is 0 Å². The lowest BCUT2D eigenvalue weighted by Crippen LogP contribution is -2.43. The summed E-state index contributed by atoms with van der Waals surface area (Å²) in [5, 5.41) is 12.8. The van der Waals surface area contributed by atoms with E-state index in [2.05, 4.69) is 10.2 Å². The summed E-state index contributed by atoms with van der Waals surface area (Å²) in [7, 11) is 0. The molecule has 7 heteroatoms. The first-order chi connectivity index (χ1) is 12.2. The van der Waals surface area contributed by atoms with Gasteiger partial charge in [0.15, 0.2) is 0 Å². The maximum absolute atomic E-state index is 11.8. The van der Waals surface area contributed by atoms with Gasteiger partial charge in [-0.05, 0) is 51.0 Å². The number of carbonyl (C=O) groups is 2. The Labute approximate surface area is 154 Å². The molecule has 1 aromatic rings. The van der Waals surface area contributed by atoms with Crippen molar-refractivity contribution in [2.45, 2.75) is 39.9 Å². The van der Waals surface area contributed by atoms with Gasteiger partial charge in [-0.25, -0.2) is 9.59 Å². The second-order valence-corrected chi connectivity index (χ2v) is 7.40. The minimum Gasteiger partial charge on any atom is -0.478 e. The monoisotopic (exact) mass is 364 g/mol. The molecule has 0 amide bonds. The molecular weight excluding hydrogens is 336 g/mol. The van der Waals surface area contributed by atoms with E-state index in [0.29, 0.717) is 5.56 Å². The van der Waals surface area contributed by atoms with Crippen LogP contribution in [-0.4, -0.2) is 55.4 Å². The van der Waals surface area contributed by atoms with E-state index in [1.54, 1.807) is 33.8 Å². The fourth-order valence-electron chi connectivity index (χ4n) is 2.85. The highest BCUT2D eigenvalue weighted by atomic mass is 16.6. The Balaban J connectivity index is 2.12. The average Bonchev–Trinajstić information content (AvgIpc) is 2.55. The predicted molar refractivity (Wildman–Crippen MR) is 98.7 cm³/mol. The first kappa shape index (κ1) is 20.2. The number of nitrogens with zero attached hydrogens (tertiary/aromatic N) is 1. The van der Waals surface area contributed by atoms with Gasteiger partial charge in [-0.2, -0.15) is 0 Å². The van der Waals surface area contributed by atoms with Crippen LogP contribution in [-0.2, 0) is 20.9 Å². The standard InChI is InChI=1S/C19H28N2O5/c1-13-14(11-25-12-17(22)26-19(2,3)4)9-15(10-16(13)18(23)24)21-7-5-20-6-8-21/h9-10,20H,5-8,11-12H2,1-4H3,(H,23,24). The lowest BCUT2D eigenvalue weighted by Gasteiger charge is -2.30. The van der Waals surface area contributed by atoms with Gasteiger partial charge < -0.3 is 24.8 Å². The Morgan fingerprint density at radius 2 is 1.88 bits per heavy atom. The lowest BCUT2D eigenvalue weighted by atomic mass is 10.0. The minimum absolute atomic E-state index is 0.158. The van der Waals surface area contributed by atoms with Crippen LogP contribution in [0.15, 0.2) is 12.1 Å². The molecule has 0 aliphatic carbocycles. The maximum Gasteiger partial charge on any atom is 0.336 e. The SMILES string of the molecule is Cc1c(COCC(=O)OC(C)(C)C)cc(N2CCNCC2)cc1C(=O)O. The van der Waals surface area contributed by atoms with Gasteiger partial charge in [0.05, 0.1) is 12.2 Å². The van der Waals surface area contributed by atoms with Crippen LogP contribution in [0.25, 0.3) is 0 Å². The molecule has 0 atom stereocenters. The summed E-state index contributed by atoms with van der Waals surface area (Å²) in [5.41, 5.74) is 1.99. The van der Waals surface area contributed by atoms with E-state index >= 15 is 0 Å². The molecular formula is C19H28N2O5. The molecule has 0 aromatic heterocycles. The molecule has 144 valence electrons. The molecule has 1 saturated heterocycles. The van der Waals surface area contributed by atoms with E-state index in [1.165, 1.54) is 0 Å². The lowest BCUT2D eigenvalue weighted by molar-refractivity contribution is -0.160. The fraction of sp³-hybridized carbons (Fsp3) is 0.579. The highest BCUT2D eigenvalue weighted by Gasteiger charge is 2.19. The van der Waals surface area contributed by atoms with Crippen molar-refractivity contribution < 1.29 is 24.2 Å². The number of carboxylic acid groups (broad SMARTS) is 1. The molecule has 0 bridgehead atoms. The molecule has 1 aliphatic heterocycles. The van der Waals surface area contributed by atoms with E-state index in [9.17, 15) is 14.7 Å². The molecule has 0 radical (unpaired) electrons. The smallest absolute Gasteiger partial charge is 0.336 e. The fourth-order valence-corrected chi connectivity index (χ4v) is 2.85. The van der Waals surface area contributed by atoms with Gasteiger partial charge in [-0.15, -0.1) is 0 Å². The number of benzene rings is 1. The molecule has 0 saturated carbocycles. The van der Waals surface area contributed by atoms with E-state index in [4.69, 9.17) is 9.47 Å². The second kappa shape index (κ2) is 8.51. The van der Waals surface area contributed by atoms with E-state index in [0.717, 1.165) is 37.4 Å². The van der Waals surface area contributed by atoms with E-state index < -0.39 is 17.5 Å². The highest BCUT2D eigenvalue weighted by molar-refractivity contribution is 5.91. The zero-order valence-electron chi connectivity index (χ0n) is 15.9. The summed E-state index contributed by atoms with van der Waals surface area (Å²) in [4.78, 5) is 25.5. The van der Waals surface area contributed by atoms with Gasteiger partial charge in [0.1, 0.15) is 12.2 Å². The Hall–Kier alpha value is -2.12. The third kappa shape index (κ3) is 5.71. The zero-order valence-corrected chi connectivity index (χ0v) is 15.9. The molecule has 1 aromatic carbocycles. The summed E-state index contributed by atoms with van der Waals surface area (Å²) >= 11 is 0. The third-order valence-corrected chi connectivity index (χ3v) is 4.11. The number of hydrogen-bond acceptors (Lipinski definition) is 6. The summed E-state index contributed by atoms with van der Waals surface area (Å²) in [6.07, 6.45) is 0. The molecule has 7 nitrogen and oxygen atoms in total. The number of carboxylic acids is 1. The normalized spacial score (nSPS) is 15.0. The first-order valence-corrected chi connectivity index (χ1v) is 8.79. The van der Waals surface area contributed by atoms with Gasteiger partial charge >= 0.3 is 11.9 Å². The molecule has 0 unspecified atom stereocenters. The number of rotatable bonds is 6. The summed E-state index contributed by atoms with van der Waals surface area (Å²) in [6, 6.07) is 3.66. The van der Waals surface area contributed by atoms with Crippen LogP contribution >= 0.6 is 0 Å². The van der Waals surface area contributed by atoms with Crippen molar-refractivity contribution in [3.63, 3.8) is 0 Å². The second-order valence-electron chi connectivity index (χ2n) is 7.40. The van der Waals surface area contributed by atoms with Crippen molar-refractivity contribution in [3.8, 4) is 0 Å². The van der Waals surface area contributed by atoms with Crippen LogP contribution in [0, 0.1) is 6.92 Å². The quantitative estimate of drug-likeness (QED) is 0.746. The number of piperazine rings is 1.